The fourth-order valence-electron chi connectivity index (χ4n) is 2.21. The second-order valence-electron chi connectivity index (χ2n) is 5.94. The fourth-order valence-corrected chi connectivity index (χ4v) is 2.21. The summed E-state index contributed by atoms with van der Waals surface area (Å²) in [6.45, 7) is 1.42. The summed E-state index contributed by atoms with van der Waals surface area (Å²) in [5.41, 5.74) is 6.48. The number of primary amides is 1. The highest BCUT2D eigenvalue weighted by Gasteiger charge is 2.19. The molecule has 0 aliphatic heterocycles. The molecule has 0 spiro atoms. The molecule has 0 aliphatic carbocycles. The zero-order valence-corrected chi connectivity index (χ0v) is 15.5. The highest BCUT2D eigenvalue weighted by Crippen LogP contribution is 2.13. The number of ether oxygens (including phenoxy) is 1. The maximum absolute atomic E-state index is 12.2. The van der Waals surface area contributed by atoms with Gasteiger partial charge in [0.15, 0.2) is 6.10 Å². The van der Waals surface area contributed by atoms with E-state index >= 15 is 0 Å². The van der Waals surface area contributed by atoms with Crippen molar-refractivity contribution in [3.63, 3.8) is 0 Å². The fraction of sp³-hybridized carbons (Fsp3) is 0.150. The molecular weight excluding hydrogens is 376 g/mol. The summed E-state index contributed by atoms with van der Waals surface area (Å²) in [4.78, 5) is 46.8. The molecule has 1 atom stereocenters. The van der Waals surface area contributed by atoms with Crippen molar-refractivity contribution >= 4 is 35.1 Å². The van der Waals surface area contributed by atoms with Crippen LogP contribution >= 0.6 is 0 Å². The molecule has 9 heteroatoms. The molecule has 0 aliphatic rings. The average molecular weight is 394 g/mol. The maximum Gasteiger partial charge on any atom is 0.338 e. The van der Waals surface area contributed by atoms with Crippen LogP contribution in [-0.2, 0) is 14.3 Å². The van der Waals surface area contributed by atoms with Gasteiger partial charge in [0.1, 0.15) is 6.42 Å². The Bertz CT molecular complexity index is 962. The molecule has 29 heavy (non-hydrogen) atoms. The number of amides is 3. The zero-order chi connectivity index (χ0) is 21.4. The molecule has 4 N–H and O–H groups in total. The van der Waals surface area contributed by atoms with E-state index in [1.807, 2.05) is 0 Å². The Morgan fingerprint density at radius 1 is 0.966 bits per heavy atom. The van der Waals surface area contributed by atoms with Crippen molar-refractivity contribution < 1.29 is 23.9 Å². The number of carbonyl (C=O) groups is 4. The van der Waals surface area contributed by atoms with E-state index in [4.69, 9.17) is 15.7 Å². The minimum Gasteiger partial charge on any atom is -0.449 e. The third kappa shape index (κ3) is 6.18. The second-order valence-corrected chi connectivity index (χ2v) is 5.94. The van der Waals surface area contributed by atoms with Gasteiger partial charge in [0, 0.05) is 16.9 Å². The first-order chi connectivity index (χ1) is 13.8. The molecule has 2 aromatic carbocycles. The highest BCUT2D eigenvalue weighted by atomic mass is 16.5. The number of rotatable bonds is 7. The van der Waals surface area contributed by atoms with Crippen molar-refractivity contribution in [2.75, 3.05) is 10.6 Å². The Hall–Kier alpha value is -4.19. The van der Waals surface area contributed by atoms with E-state index in [9.17, 15) is 19.2 Å². The highest BCUT2D eigenvalue weighted by molar-refractivity contribution is 5.98. The summed E-state index contributed by atoms with van der Waals surface area (Å²) in [5.74, 6) is -2.31. The van der Waals surface area contributed by atoms with Gasteiger partial charge < -0.3 is 21.1 Å². The van der Waals surface area contributed by atoms with Crippen molar-refractivity contribution in [1.82, 2.24) is 0 Å². The van der Waals surface area contributed by atoms with Gasteiger partial charge in [0.25, 0.3) is 5.91 Å². The number of hydrogen-bond donors (Lipinski definition) is 3. The smallest absolute Gasteiger partial charge is 0.338 e. The van der Waals surface area contributed by atoms with Crippen LogP contribution in [0, 0.1) is 11.3 Å². The number of hydrogen-bond acceptors (Lipinski definition) is 6. The predicted molar refractivity (Wildman–Crippen MR) is 104 cm³/mol. The van der Waals surface area contributed by atoms with Crippen LogP contribution in [0.3, 0.4) is 0 Å². The normalized spacial score (nSPS) is 10.9. The number of nitrogens with one attached hydrogen (secondary N) is 2. The van der Waals surface area contributed by atoms with Crippen LogP contribution < -0.4 is 16.4 Å². The van der Waals surface area contributed by atoms with Gasteiger partial charge >= 0.3 is 5.97 Å². The van der Waals surface area contributed by atoms with Crippen LogP contribution in [-0.4, -0.2) is 29.8 Å². The van der Waals surface area contributed by atoms with Crippen LogP contribution in [0.2, 0.25) is 0 Å². The van der Waals surface area contributed by atoms with Gasteiger partial charge in [0.2, 0.25) is 11.8 Å². The number of nitrogens with zero attached hydrogens (tertiary/aromatic N) is 1. The number of anilines is 2. The summed E-state index contributed by atoms with van der Waals surface area (Å²) < 4.78 is 5.14. The Labute approximate surface area is 166 Å². The van der Waals surface area contributed by atoms with Crippen LogP contribution in [0.25, 0.3) is 0 Å². The third-order valence-electron chi connectivity index (χ3n) is 3.73. The summed E-state index contributed by atoms with van der Waals surface area (Å²) in [7, 11) is 0. The minimum absolute atomic E-state index is 0.189. The van der Waals surface area contributed by atoms with Gasteiger partial charge in [-0.05, 0) is 55.5 Å². The molecule has 0 fully saturated rings. The Balaban J connectivity index is 1.92. The van der Waals surface area contributed by atoms with E-state index in [1.54, 1.807) is 6.07 Å². The molecular formula is C20H18N4O5. The van der Waals surface area contributed by atoms with Crippen molar-refractivity contribution in [3.05, 3.63) is 59.7 Å². The molecule has 3 amide bonds. The van der Waals surface area contributed by atoms with Crippen molar-refractivity contribution in [1.29, 1.82) is 5.26 Å². The molecule has 0 saturated carbocycles. The van der Waals surface area contributed by atoms with E-state index in [0.29, 0.717) is 16.9 Å². The SMILES string of the molecule is C[C@H](OC(=O)c1ccc(NC(=O)CC#N)cc1)C(=O)Nc1ccc(C(N)=O)cc1. The number of esters is 1. The second kappa shape index (κ2) is 9.66. The van der Waals surface area contributed by atoms with Crippen LogP contribution in [0.15, 0.2) is 48.5 Å². The standard InChI is InChI=1S/C20H18N4O5/c1-12(19(27)24-16-6-2-13(3-7-16)18(22)26)29-20(28)14-4-8-15(9-5-14)23-17(25)10-11-21/h2-9,12H,10H2,1H3,(H2,22,26)(H,23,25)(H,24,27)/t12-/m0/s1. The van der Waals surface area contributed by atoms with Gasteiger partial charge in [-0.15, -0.1) is 0 Å². The topological polar surface area (TPSA) is 151 Å². The summed E-state index contributed by atoms with van der Waals surface area (Å²) in [5, 5.41) is 13.5. The van der Waals surface area contributed by atoms with E-state index in [0.717, 1.165) is 0 Å². The van der Waals surface area contributed by atoms with Gasteiger partial charge in [-0.2, -0.15) is 5.26 Å². The molecule has 0 bridgehead atoms. The van der Waals surface area contributed by atoms with Gasteiger partial charge in [0.05, 0.1) is 11.6 Å². The molecule has 0 heterocycles. The van der Waals surface area contributed by atoms with E-state index in [-0.39, 0.29) is 12.0 Å². The average Bonchev–Trinajstić information content (AvgIpc) is 2.69. The van der Waals surface area contributed by atoms with E-state index in [1.165, 1.54) is 55.5 Å². The lowest BCUT2D eigenvalue weighted by Crippen LogP contribution is -2.30. The minimum atomic E-state index is -1.08. The summed E-state index contributed by atoms with van der Waals surface area (Å²) in [6.07, 6.45) is -1.35. The maximum atomic E-state index is 12.2. The van der Waals surface area contributed by atoms with E-state index in [2.05, 4.69) is 10.6 Å². The number of carbonyl (C=O) groups excluding carboxylic acids is 4. The van der Waals surface area contributed by atoms with Crippen molar-refractivity contribution in [2.24, 2.45) is 5.73 Å². The molecule has 9 nitrogen and oxygen atoms in total. The molecule has 148 valence electrons. The summed E-state index contributed by atoms with van der Waals surface area (Å²) in [6, 6.07) is 13.5. The lowest BCUT2D eigenvalue weighted by Gasteiger charge is -2.14. The zero-order valence-electron chi connectivity index (χ0n) is 15.5. The first-order valence-electron chi connectivity index (χ1n) is 8.48. The van der Waals surface area contributed by atoms with Crippen molar-refractivity contribution in [2.45, 2.75) is 19.4 Å². The molecule has 2 aromatic rings. The quantitative estimate of drug-likeness (QED) is 0.609. The first-order valence-corrected chi connectivity index (χ1v) is 8.48. The number of nitrogens with two attached hydrogens (primary N) is 1. The lowest BCUT2D eigenvalue weighted by atomic mass is 10.2. The molecule has 2 rings (SSSR count). The van der Waals surface area contributed by atoms with Crippen molar-refractivity contribution in [3.8, 4) is 6.07 Å². The molecule has 0 aromatic heterocycles. The Kier molecular flexibility index (Phi) is 7.03. The largest absolute Gasteiger partial charge is 0.449 e. The van der Waals surface area contributed by atoms with E-state index < -0.39 is 29.8 Å². The molecule has 0 unspecified atom stereocenters. The lowest BCUT2D eigenvalue weighted by molar-refractivity contribution is -0.123. The van der Waals surface area contributed by atoms with Gasteiger partial charge in [-0.1, -0.05) is 0 Å². The monoisotopic (exact) mass is 394 g/mol. The van der Waals surface area contributed by atoms with Gasteiger partial charge in [-0.3, -0.25) is 14.4 Å². The van der Waals surface area contributed by atoms with Crippen LogP contribution in [0.4, 0.5) is 11.4 Å². The van der Waals surface area contributed by atoms with Crippen LogP contribution in [0.1, 0.15) is 34.1 Å². The number of nitriles is 1. The summed E-state index contributed by atoms with van der Waals surface area (Å²) >= 11 is 0. The predicted octanol–water partition coefficient (Wildman–Crippen LogP) is 1.82. The Morgan fingerprint density at radius 2 is 1.48 bits per heavy atom. The van der Waals surface area contributed by atoms with Crippen LogP contribution in [0.5, 0.6) is 0 Å². The molecule has 0 saturated heterocycles. The number of benzene rings is 2. The molecule has 0 radical (unpaired) electrons. The first kappa shape index (κ1) is 21.1. The Morgan fingerprint density at radius 3 is 2.00 bits per heavy atom. The third-order valence-corrected chi connectivity index (χ3v) is 3.73. The van der Waals surface area contributed by atoms with Gasteiger partial charge in [-0.25, -0.2) is 4.79 Å².